The number of benzene rings is 1. The van der Waals surface area contributed by atoms with Crippen molar-refractivity contribution in [2.75, 3.05) is 18.0 Å². The van der Waals surface area contributed by atoms with Crippen LogP contribution < -0.4 is 4.90 Å². The Balaban J connectivity index is 2.14. The highest BCUT2D eigenvalue weighted by molar-refractivity contribution is 5.49. The van der Waals surface area contributed by atoms with E-state index in [-0.39, 0.29) is 12.4 Å². The fraction of sp³-hybridized carbons (Fsp3) is 0.538. The van der Waals surface area contributed by atoms with Gasteiger partial charge in [-0.2, -0.15) is 0 Å². The second kappa shape index (κ2) is 4.83. The molecular formula is C13H18FNO. The van der Waals surface area contributed by atoms with E-state index in [1.807, 2.05) is 0 Å². The molecular weight excluding hydrogens is 205 g/mol. The molecule has 0 bridgehead atoms. The minimum Gasteiger partial charge on any atom is -0.392 e. The van der Waals surface area contributed by atoms with E-state index in [4.69, 9.17) is 5.11 Å². The summed E-state index contributed by atoms with van der Waals surface area (Å²) >= 11 is 0. The minimum absolute atomic E-state index is 0.103. The lowest BCUT2D eigenvalue weighted by Gasteiger charge is -2.32. The lowest BCUT2D eigenvalue weighted by molar-refractivity contribution is 0.281. The average molecular weight is 223 g/mol. The average Bonchev–Trinajstić information content (AvgIpc) is 2.30. The van der Waals surface area contributed by atoms with E-state index in [0.717, 1.165) is 31.8 Å². The fourth-order valence-corrected chi connectivity index (χ4v) is 2.15. The van der Waals surface area contributed by atoms with Crippen LogP contribution in [0.25, 0.3) is 0 Å². The first kappa shape index (κ1) is 11.4. The molecule has 1 fully saturated rings. The Bertz CT molecular complexity index is 359. The standard InChI is InChI=1S/C13H18FNO/c1-10-4-6-15(7-5-10)13-3-2-11(9-16)8-12(13)14/h2-3,8,10,16H,4-7,9H2,1H3. The minimum atomic E-state index is -0.221. The molecule has 16 heavy (non-hydrogen) atoms. The Labute approximate surface area is 95.7 Å². The van der Waals surface area contributed by atoms with Crippen molar-refractivity contribution >= 4 is 5.69 Å². The number of aliphatic hydroxyl groups excluding tert-OH is 1. The van der Waals surface area contributed by atoms with E-state index in [2.05, 4.69) is 11.8 Å². The van der Waals surface area contributed by atoms with Crippen molar-refractivity contribution in [3.8, 4) is 0 Å². The topological polar surface area (TPSA) is 23.5 Å². The van der Waals surface area contributed by atoms with Crippen molar-refractivity contribution in [1.82, 2.24) is 0 Å². The number of piperidine rings is 1. The smallest absolute Gasteiger partial charge is 0.146 e. The van der Waals surface area contributed by atoms with Crippen LogP contribution in [0.2, 0.25) is 0 Å². The zero-order valence-electron chi connectivity index (χ0n) is 9.62. The second-order valence-electron chi connectivity index (χ2n) is 4.61. The largest absolute Gasteiger partial charge is 0.392 e. The first-order valence-electron chi connectivity index (χ1n) is 5.85. The third-order valence-electron chi connectivity index (χ3n) is 3.32. The van der Waals surface area contributed by atoms with E-state index < -0.39 is 0 Å². The Hall–Kier alpha value is -1.09. The van der Waals surface area contributed by atoms with Crippen LogP contribution in [-0.4, -0.2) is 18.2 Å². The lowest BCUT2D eigenvalue weighted by Crippen LogP contribution is -2.33. The van der Waals surface area contributed by atoms with Gasteiger partial charge in [-0.05, 0) is 36.5 Å². The summed E-state index contributed by atoms with van der Waals surface area (Å²) in [6.07, 6.45) is 2.25. The number of nitrogens with zero attached hydrogens (tertiary/aromatic N) is 1. The summed E-state index contributed by atoms with van der Waals surface area (Å²) in [5.74, 6) is 0.525. The second-order valence-corrected chi connectivity index (χ2v) is 4.61. The molecule has 2 rings (SSSR count). The van der Waals surface area contributed by atoms with Gasteiger partial charge in [0.2, 0.25) is 0 Å². The number of hydrogen-bond donors (Lipinski definition) is 1. The molecule has 2 nitrogen and oxygen atoms in total. The maximum absolute atomic E-state index is 13.8. The van der Waals surface area contributed by atoms with Crippen molar-refractivity contribution in [2.24, 2.45) is 5.92 Å². The van der Waals surface area contributed by atoms with Gasteiger partial charge in [-0.25, -0.2) is 4.39 Å². The summed E-state index contributed by atoms with van der Waals surface area (Å²) in [6, 6.07) is 4.99. The van der Waals surface area contributed by atoms with Crippen LogP contribution in [0, 0.1) is 11.7 Å². The number of rotatable bonds is 2. The van der Waals surface area contributed by atoms with Crippen LogP contribution >= 0.6 is 0 Å². The van der Waals surface area contributed by atoms with Gasteiger partial charge in [0.1, 0.15) is 5.82 Å². The van der Waals surface area contributed by atoms with Crippen molar-refractivity contribution < 1.29 is 9.50 Å². The molecule has 0 aromatic heterocycles. The van der Waals surface area contributed by atoms with Crippen LogP contribution in [0.5, 0.6) is 0 Å². The summed E-state index contributed by atoms with van der Waals surface area (Å²) in [4.78, 5) is 2.09. The van der Waals surface area contributed by atoms with E-state index in [0.29, 0.717) is 11.3 Å². The predicted molar refractivity (Wildman–Crippen MR) is 62.9 cm³/mol. The molecule has 1 aliphatic rings. The maximum atomic E-state index is 13.8. The molecule has 1 saturated heterocycles. The van der Waals surface area contributed by atoms with E-state index in [9.17, 15) is 4.39 Å². The van der Waals surface area contributed by atoms with Gasteiger partial charge in [-0.3, -0.25) is 0 Å². The molecule has 0 unspecified atom stereocenters. The van der Waals surface area contributed by atoms with Crippen molar-refractivity contribution in [1.29, 1.82) is 0 Å². The Morgan fingerprint density at radius 2 is 2.06 bits per heavy atom. The summed E-state index contributed by atoms with van der Waals surface area (Å²) in [5.41, 5.74) is 1.30. The summed E-state index contributed by atoms with van der Waals surface area (Å²) in [5, 5.41) is 8.92. The number of anilines is 1. The zero-order chi connectivity index (χ0) is 11.5. The molecule has 0 amide bonds. The molecule has 1 aliphatic heterocycles. The first-order chi connectivity index (χ1) is 7.70. The van der Waals surface area contributed by atoms with Gasteiger partial charge in [0.25, 0.3) is 0 Å². The van der Waals surface area contributed by atoms with Crippen LogP contribution in [0.4, 0.5) is 10.1 Å². The highest BCUT2D eigenvalue weighted by atomic mass is 19.1. The lowest BCUT2D eigenvalue weighted by atomic mass is 9.98. The van der Waals surface area contributed by atoms with Crippen LogP contribution in [0.15, 0.2) is 18.2 Å². The zero-order valence-corrected chi connectivity index (χ0v) is 9.62. The molecule has 0 atom stereocenters. The summed E-state index contributed by atoms with van der Waals surface area (Å²) in [7, 11) is 0. The Kier molecular flexibility index (Phi) is 3.44. The monoisotopic (exact) mass is 223 g/mol. The van der Waals surface area contributed by atoms with Gasteiger partial charge in [0, 0.05) is 13.1 Å². The SMILES string of the molecule is CC1CCN(c2ccc(CO)cc2F)CC1. The van der Waals surface area contributed by atoms with Crippen molar-refractivity contribution in [3.05, 3.63) is 29.6 Å². The maximum Gasteiger partial charge on any atom is 0.146 e. The van der Waals surface area contributed by atoms with Gasteiger partial charge in [-0.15, -0.1) is 0 Å². The van der Waals surface area contributed by atoms with E-state index in [1.165, 1.54) is 6.07 Å². The number of hydrogen-bond acceptors (Lipinski definition) is 2. The molecule has 3 heteroatoms. The molecule has 1 heterocycles. The highest BCUT2D eigenvalue weighted by Crippen LogP contribution is 2.26. The summed E-state index contributed by atoms with van der Waals surface area (Å²) in [6.45, 7) is 3.99. The number of aliphatic hydroxyl groups is 1. The predicted octanol–water partition coefficient (Wildman–Crippen LogP) is 2.55. The molecule has 1 aromatic rings. The molecule has 88 valence electrons. The number of halogens is 1. The van der Waals surface area contributed by atoms with Crippen LogP contribution in [0.3, 0.4) is 0 Å². The summed E-state index contributed by atoms with van der Waals surface area (Å²) < 4.78 is 13.8. The third kappa shape index (κ3) is 2.35. The molecule has 0 radical (unpaired) electrons. The van der Waals surface area contributed by atoms with Gasteiger partial charge in [0.05, 0.1) is 12.3 Å². The first-order valence-corrected chi connectivity index (χ1v) is 5.85. The van der Waals surface area contributed by atoms with Gasteiger partial charge < -0.3 is 10.0 Å². The Morgan fingerprint density at radius 1 is 1.38 bits per heavy atom. The molecule has 0 spiro atoms. The van der Waals surface area contributed by atoms with Crippen molar-refractivity contribution in [2.45, 2.75) is 26.4 Å². The Morgan fingerprint density at radius 3 is 2.62 bits per heavy atom. The molecule has 1 aromatic carbocycles. The van der Waals surface area contributed by atoms with Gasteiger partial charge in [-0.1, -0.05) is 13.0 Å². The molecule has 1 N–H and O–H groups in total. The fourth-order valence-electron chi connectivity index (χ4n) is 2.15. The van der Waals surface area contributed by atoms with Crippen LogP contribution in [0.1, 0.15) is 25.3 Å². The molecule has 0 aliphatic carbocycles. The van der Waals surface area contributed by atoms with E-state index in [1.54, 1.807) is 12.1 Å². The van der Waals surface area contributed by atoms with Crippen molar-refractivity contribution in [3.63, 3.8) is 0 Å². The normalized spacial score (nSPS) is 17.8. The van der Waals surface area contributed by atoms with Gasteiger partial charge >= 0.3 is 0 Å². The van der Waals surface area contributed by atoms with Crippen LogP contribution in [-0.2, 0) is 6.61 Å². The highest BCUT2D eigenvalue weighted by Gasteiger charge is 2.18. The third-order valence-corrected chi connectivity index (χ3v) is 3.32. The quantitative estimate of drug-likeness (QED) is 0.833. The molecule has 0 saturated carbocycles. The van der Waals surface area contributed by atoms with E-state index >= 15 is 0 Å². The van der Waals surface area contributed by atoms with Gasteiger partial charge in [0.15, 0.2) is 0 Å².